The zero-order valence-electron chi connectivity index (χ0n) is 10.3. The Bertz CT molecular complexity index is 426. The van der Waals surface area contributed by atoms with Gasteiger partial charge in [0, 0.05) is 12.6 Å². The molecule has 0 radical (unpaired) electrons. The first-order chi connectivity index (χ1) is 8.45. The van der Waals surface area contributed by atoms with Crippen molar-refractivity contribution in [3.63, 3.8) is 0 Å². The summed E-state index contributed by atoms with van der Waals surface area (Å²) < 4.78 is 18.3. The standard InChI is InChI=1S/C12H17FN2O3/c1-7(15-6-10(16)12(14)17)8-3-4-11(18-2)9(13)5-8/h3-5,7,10,15-16H,6H2,1-2H3,(H2,14,17). The van der Waals surface area contributed by atoms with Crippen LogP contribution in [0.15, 0.2) is 18.2 Å². The minimum atomic E-state index is -1.25. The summed E-state index contributed by atoms with van der Waals surface area (Å²) in [6.45, 7) is 1.80. The Morgan fingerprint density at radius 2 is 2.28 bits per heavy atom. The van der Waals surface area contributed by atoms with Gasteiger partial charge in [0.2, 0.25) is 5.91 Å². The summed E-state index contributed by atoms with van der Waals surface area (Å²) in [4.78, 5) is 10.6. The predicted molar refractivity (Wildman–Crippen MR) is 64.6 cm³/mol. The molecule has 0 saturated carbocycles. The molecule has 18 heavy (non-hydrogen) atoms. The van der Waals surface area contributed by atoms with E-state index in [9.17, 15) is 14.3 Å². The van der Waals surface area contributed by atoms with Gasteiger partial charge in [0.1, 0.15) is 6.10 Å². The summed E-state index contributed by atoms with van der Waals surface area (Å²) in [6, 6.07) is 4.34. The number of amides is 1. The summed E-state index contributed by atoms with van der Waals surface area (Å²) in [7, 11) is 1.39. The second kappa shape index (κ2) is 6.32. The minimum absolute atomic E-state index is 0.0180. The number of aliphatic hydroxyl groups excluding tert-OH is 1. The van der Waals surface area contributed by atoms with Crippen LogP contribution in [0, 0.1) is 5.82 Å². The highest BCUT2D eigenvalue weighted by molar-refractivity contribution is 5.78. The molecule has 1 aromatic carbocycles. The summed E-state index contributed by atoms with van der Waals surface area (Å²) >= 11 is 0. The molecule has 100 valence electrons. The molecule has 1 aromatic rings. The first kappa shape index (κ1) is 14.4. The van der Waals surface area contributed by atoms with Gasteiger partial charge in [0.05, 0.1) is 7.11 Å². The number of hydrogen-bond acceptors (Lipinski definition) is 4. The topological polar surface area (TPSA) is 84.6 Å². The van der Waals surface area contributed by atoms with Gasteiger partial charge in [0.25, 0.3) is 0 Å². The van der Waals surface area contributed by atoms with Gasteiger partial charge in [-0.05, 0) is 24.6 Å². The van der Waals surface area contributed by atoms with Crippen LogP contribution in [0.3, 0.4) is 0 Å². The smallest absolute Gasteiger partial charge is 0.247 e. The van der Waals surface area contributed by atoms with E-state index in [-0.39, 0.29) is 18.3 Å². The monoisotopic (exact) mass is 256 g/mol. The van der Waals surface area contributed by atoms with Crippen LogP contribution >= 0.6 is 0 Å². The van der Waals surface area contributed by atoms with Gasteiger partial charge in [-0.25, -0.2) is 4.39 Å². The molecule has 5 nitrogen and oxygen atoms in total. The molecule has 0 aromatic heterocycles. The van der Waals surface area contributed by atoms with E-state index in [2.05, 4.69) is 5.32 Å². The fraction of sp³-hybridized carbons (Fsp3) is 0.417. The van der Waals surface area contributed by atoms with Crippen LogP contribution in [0.2, 0.25) is 0 Å². The SMILES string of the molecule is COc1ccc(C(C)NCC(O)C(N)=O)cc1F. The maximum absolute atomic E-state index is 13.5. The van der Waals surface area contributed by atoms with Crippen molar-refractivity contribution in [2.75, 3.05) is 13.7 Å². The normalized spacial score (nSPS) is 14.0. The molecule has 4 N–H and O–H groups in total. The van der Waals surface area contributed by atoms with Crippen molar-refractivity contribution in [2.45, 2.75) is 19.1 Å². The van der Waals surface area contributed by atoms with Gasteiger partial charge in [-0.15, -0.1) is 0 Å². The van der Waals surface area contributed by atoms with E-state index in [4.69, 9.17) is 10.5 Å². The van der Waals surface area contributed by atoms with E-state index in [1.165, 1.54) is 19.2 Å². The molecule has 0 bridgehead atoms. The average molecular weight is 256 g/mol. The highest BCUT2D eigenvalue weighted by Gasteiger charge is 2.14. The van der Waals surface area contributed by atoms with E-state index in [1.807, 2.05) is 0 Å². The second-order valence-electron chi connectivity index (χ2n) is 3.94. The lowest BCUT2D eigenvalue weighted by molar-refractivity contribution is -0.125. The first-order valence-corrected chi connectivity index (χ1v) is 5.50. The lowest BCUT2D eigenvalue weighted by Gasteiger charge is -2.16. The van der Waals surface area contributed by atoms with Crippen LogP contribution < -0.4 is 15.8 Å². The van der Waals surface area contributed by atoms with Crippen molar-refractivity contribution in [1.82, 2.24) is 5.32 Å². The van der Waals surface area contributed by atoms with Crippen molar-refractivity contribution >= 4 is 5.91 Å². The van der Waals surface area contributed by atoms with Gasteiger partial charge in [-0.1, -0.05) is 6.07 Å². The third kappa shape index (κ3) is 3.68. The van der Waals surface area contributed by atoms with Crippen LogP contribution in [0.5, 0.6) is 5.75 Å². The average Bonchev–Trinajstić information content (AvgIpc) is 2.35. The number of rotatable bonds is 6. The Balaban J connectivity index is 2.64. The van der Waals surface area contributed by atoms with Gasteiger partial charge >= 0.3 is 0 Å². The first-order valence-electron chi connectivity index (χ1n) is 5.50. The van der Waals surface area contributed by atoms with E-state index < -0.39 is 17.8 Å². The Kier molecular flexibility index (Phi) is 5.06. The molecule has 2 atom stereocenters. The third-order valence-corrected chi connectivity index (χ3v) is 2.62. The van der Waals surface area contributed by atoms with E-state index in [0.717, 1.165) is 0 Å². The Hall–Kier alpha value is -1.66. The lowest BCUT2D eigenvalue weighted by atomic mass is 10.1. The molecule has 0 aliphatic rings. The zero-order chi connectivity index (χ0) is 13.7. The molecule has 0 fully saturated rings. The highest BCUT2D eigenvalue weighted by atomic mass is 19.1. The number of halogens is 1. The molecule has 0 heterocycles. The van der Waals surface area contributed by atoms with Crippen LogP contribution in [-0.4, -0.2) is 30.8 Å². The van der Waals surface area contributed by atoms with Crippen LogP contribution in [0.1, 0.15) is 18.5 Å². The van der Waals surface area contributed by atoms with Gasteiger partial charge in [0.15, 0.2) is 11.6 Å². The maximum Gasteiger partial charge on any atom is 0.247 e. The van der Waals surface area contributed by atoms with Gasteiger partial charge < -0.3 is 20.9 Å². The number of aliphatic hydroxyl groups is 1. The van der Waals surface area contributed by atoms with E-state index >= 15 is 0 Å². The van der Waals surface area contributed by atoms with Crippen LogP contribution in [0.4, 0.5) is 4.39 Å². The fourth-order valence-electron chi connectivity index (χ4n) is 1.46. The Morgan fingerprint density at radius 3 is 2.78 bits per heavy atom. The molecule has 1 amide bonds. The van der Waals surface area contributed by atoms with Crippen LogP contribution in [0.25, 0.3) is 0 Å². The van der Waals surface area contributed by atoms with Crippen molar-refractivity contribution in [1.29, 1.82) is 0 Å². The molecular formula is C12H17FN2O3. The number of carbonyl (C=O) groups is 1. The second-order valence-corrected chi connectivity index (χ2v) is 3.94. The number of nitrogens with two attached hydrogens (primary N) is 1. The van der Waals surface area contributed by atoms with E-state index in [0.29, 0.717) is 5.56 Å². The molecule has 0 spiro atoms. The minimum Gasteiger partial charge on any atom is -0.494 e. The summed E-state index contributed by atoms with van der Waals surface area (Å²) in [5, 5.41) is 12.1. The fourth-order valence-corrected chi connectivity index (χ4v) is 1.46. The molecule has 0 aliphatic carbocycles. The summed E-state index contributed by atoms with van der Waals surface area (Å²) in [5.74, 6) is -1.09. The number of carbonyl (C=O) groups excluding carboxylic acids is 1. The largest absolute Gasteiger partial charge is 0.494 e. The van der Waals surface area contributed by atoms with Crippen molar-refractivity contribution in [2.24, 2.45) is 5.73 Å². The summed E-state index contributed by atoms with van der Waals surface area (Å²) in [6.07, 6.45) is -1.25. The lowest BCUT2D eigenvalue weighted by Crippen LogP contribution is -2.38. The van der Waals surface area contributed by atoms with Crippen molar-refractivity contribution in [3.05, 3.63) is 29.6 Å². The molecular weight excluding hydrogens is 239 g/mol. The number of benzene rings is 1. The summed E-state index contributed by atoms with van der Waals surface area (Å²) in [5.41, 5.74) is 5.60. The molecule has 2 unspecified atom stereocenters. The quantitative estimate of drug-likeness (QED) is 0.685. The molecule has 0 aliphatic heterocycles. The highest BCUT2D eigenvalue weighted by Crippen LogP contribution is 2.21. The van der Waals surface area contributed by atoms with Crippen molar-refractivity contribution in [3.8, 4) is 5.75 Å². The number of primary amides is 1. The van der Waals surface area contributed by atoms with Gasteiger partial charge in [-0.3, -0.25) is 4.79 Å². The predicted octanol–water partition coefficient (Wildman–Crippen LogP) is 0.331. The maximum atomic E-state index is 13.5. The Labute approximate surface area is 105 Å². The zero-order valence-corrected chi connectivity index (χ0v) is 10.3. The van der Waals surface area contributed by atoms with Crippen molar-refractivity contribution < 1.29 is 19.0 Å². The number of nitrogens with one attached hydrogen (secondary N) is 1. The third-order valence-electron chi connectivity index (χ3n) is 2.62. The molecule has 0 saturated heterocycles. The van der Waals surface area contributed by atoms with Crippen LogP contribution in [-0.2, 0) is 4.79 Å². The molecule has 1 rings (SSSR count). The number of methoxy groups -OCH3 is 1. The van der Waals surface area contributed by atoms with E-state index in [1.54, 1.807) is 13.0 Å². The Morgan fingerprint density at radius 1 is 1.61 bits per heavy atom. The number of hydrogen-bond donors (Lipinski definition) is 3. The number of ether oxygens (including phenoxy) is 1. The molecule has 6 heteroatoms. The van der Waals surface area contributed by atoms with Gasteiger partial charge in [-0.2, -0.15) is 0 Å².